The van der Waals surface area contributed by atoms with Gasteiger partial charge in [-0.05, 0) is 68.7 Å². The number of aliphatic hydroxyl groups is 1. The Kier molecular flexibility index (Phi) is 10.2. The Bertz CT molecular complexity index is 1820. The molecule has 2 atom stereocenters. The number of nitrogens with one attached hydrogen (secondary N) is 2. The highest BCUT2D eigenvalue weighted by Crippen LogP contribution is 2.35. The summed E-state index contributed by atoms with van der Waals surface area (Å²) in [5.74, 6) is -2.69. The lowest BCUT2D eigenvalue weighted by Crippen LogP contribution is -2.63. The number of hydrogen-bond acceptors (Lipinski definition) is 11. The van der Waals surface area contributed by atoms with Crippen molar-refractivity contribution in [3.8, 4) is 0 Å². The third kappa shape index (κ3) is 7.33. The van der Waals surface area contributed by atoms with E-state index in [1.165, 1.54) is 15.8 Å². The normalized spacial score (nSPS) is 21.7. The first-order valence-corrected chi connectivity index (χ1v) is 18.1. The topological polar surface area (TPSA) is 232 Å². The minimum absolute atomic E-state index is 0.0151. The van der Waals surface area contributed by atoms with E-state index in [0.29, 0.717) is 28.2 Å². The molecule has 2 aromatic heterocycles. The van der Waals surface area contributed by atoms with Gasteiger partial charge in [-0.25, -0.2) is 9.67 Å². The molecule has 4 amide bonds. The first-order chi connectivity index (χ1) is 23.9. The molecule has 0 unspecified atom stereocenters. The van der Waals surface area contributed by atoms with Gasteiger partial charge in [0.2, 0.25) is 11.7 Å². The number of thioether (sulfide) groups is 1. The summed E-state index contributed by atoms with van der Waals surface area (Å²) in [6, 6.07) is 3.08. The van der Waals surface area contributed by atoms with Crippen molar-refractivity contribution in [2.45, 2.75) is 94.9 Å². The number of primary amides is 1. The largest absolute Gasteiger partial charge is 0.384 e. The standard InChI is InChI=1S/C33H42N10O6S/c1-32(2,49)26-17-35-41-43(26)21-16-25(30(47)37-33(27(44)28(34)45)10-12-50-13-11-33)42(18-21)31(48)24(14-19-6-4-3-5-7-19)36-29(46)20-8-9-22-23(15-20)39-40-38-22/h8-9,15,17,19,21,25,49H,3-7,10-14,16,18H2,1-2H3,(H2,34,45)(H,37,47)(H,38,39,40)/b36-24+/t21-,25-/m0/s1. The number of aliphatic imine (C=N–C) groups is 1. The van der Waals surface area contributed by atoms with Crippen molar-refractivity contribution in [3.63, 3.8) is 0 Å². The second-order valence-electron chi connectivity index (χ2n) is 14.0. The second-order valence-corrected chi connectivity index (χ2v) is 15.2. The second kappa shape index (κ2) is 14.4. The van der Waals surface area contributed by atoms with Crippen LogP contribution >= 0.6 is 11.8 Å². The molecule has 4 heterocycles. The van der Waals surface area contributed by atoms with Crippen molar-refractivity contribution in [1.82, 2.24) is 40.6 Å². The van der Waals surface area contributed by atoms with E-state index >= 15 is 0 Å². The molecule has 3 aromatic rings. The summed E-state index contributed by atoms with van der Waals surface area (Å²) in [7, 11) is 0. The molecule has 3 aliphatic rings. The molecule has 1 aromatic carbocycles. The fourth-order valence-electron chi connectivity index (χ4n) is 7.27. The van der Waals surface area contributed by atoms with E-state index in [9.17, 15) is 29.1 Å². The zero-order chi connectivity index (χ0) is 35.6. The van der Waals surface area contributed by atoms with Crippen LogP contribution in [0.3, 0.4) is 0 Å². The van der Waals surface area contributed by atoms with Crippen molar-refractivity contribution in [3.05, 3.63) is 35.7 Å². The number of hydrogen-bond donors (Lipinski definition) is 4. The van der Waals surface area contributed by atoms with Crippen LogP contribution in [0, 0.1) is 5.92 Å². The van der Waals surface area contributed by atoms with Crippen LogP contribution in [0.2, 0.25) is 0 Å². The molecule has 2 aliphatic heterocycles. The van der Waals surface area contributed by atoms with Crippen LogP contribution in [0.1, 0.15) is 93.7 Å². The van der Waals surface area contributed by atoms with E-state index in [-0.39, 0.29) is 49.4 Å². The summed E-state index contributed by atoms with van der Waals surface area (Å²) in [4.78, 5) is 73.6. The molecule has 1 saturated carbocycles. The quantitative estimate of drug-likeness (QED) is 0.175. The number of benzene rings is 1. The van der Waals surface area contributed by atoms with Crippen molar-refractivity contribution < 1.29 is 29.1 Å². The molecule has 0 bridgehead atoms. The molecule has 5 N–H and O–H groups in total. The van der Waals surface area contributed by atoms with E-state index < -0.39 is 52.6 Å². The Morgan fingerprint density at radius 3 is 2.58 bits per heavy atom. The van der Waals surface area contributed by atoms with Gasteiger partial charge in [0.25, 0.3) is 17.7 Å². The number of fused-ring (bicyclic) bond motifs is 1. The minimum Gasteiger partial charge on any atom is -0.384 e. The Morgan fingerprint density at radius 2 is 1.88 bits per heavy atom. The van der Waals surface area contributed by atoms with E-state index in [1.807, 2.05) is 0 Å². The van der Waals surface area contributed by atoms with E-state index in [1.54, 1.807) is 43.8 Å². The molecule has 0 spiro atoms. The first kappa shape index (κ1) is 35.3. The number of carbonyl (C=O) groups is 5. The van der Waals surface area contributed by atoms with Gasteiger partial charge in [0, 0.05) is 18.5 Å². The fourth-order valence-corrected chi connectivity index (χ4v) is 8.46. The zero-order valence-corrected chi connectivity index (χ0v) is 28.9. The molecule has 6 rings (SSSR count). The number of carbonyl (C=O) groups excluding carboxylic acids is 5. The van der Waals surface area contributed by atoms with Gasteiger partial charge >= 0.3 is 0 Å². The number of nitrogens with two attached hydrogens (primary N) is 1. The summed E-state index contributed by atoms with van der Waals surface area (Å²) in [6.45, 7) is 3.15. The third-order valence-corrected chi connectivity index (χ3v) is 11.0. The predicted octanol–water partition coefficient (Wildman–Crippen LogP) is 1.61. The molecule has 50 heavy (non-hydrogen) atoms. The highest BCUT2D eigenvalue weighted by atomic mass is 32.2. The summed E-state index contributed by atoms with van der Waals surface area (Å²) in [5.41, 5.74) is 4.36. The van der Waals surface area contributed by atoms with Crippen LogP contribution in [-0.2, 0) is 24.8 Å². The fraction of sp³-hybridized carbons (Fsp3) is 0.576. The lowest BCUT2D eigenvalue weighted by molar-refractivity contribution is -0.143. The maximum absolute atomic E-state index is 14.7. The number of aromatic nitrogens is 6. The Balaban J connectivity index is 1.36. The van der Waals surface area contributed by atoms with Crippen LogP contribution in [0.5, 0.6) is 0 Å². The number of likely N-dealkylation sites (tertiary alicyclic amines) is 1. The molecule has 3 fully saturated rings. The van der Waals surface area contributed by atoms with Gasteiger partial charge < -0.3 is 21.1 Å². The predicted molar refractivity (Wildman–Crippen MR) is 183 cm³/mol. The maximum Gasteiger partial charge on any atom is 0.287 e. The summed E-state index contributed by atoms with van der Waals surface area (Å²) >= 11 is 1.60. The van der Waals surface area contributed by atoms with Crippen molar-refractivity contribution >= 4 is 57.9 Å². The Hall–Kier alpha value is -4.51. The van der Waals surface area contributed by atoms with E-state index in [0.717, 1.165) is 32.1 Å². The minimum atomic E-state index is -1.50. The van der Waals surface area contributed by atoms with Gasteiger partial charge in [-0.1, -0.05) is 42.5 Å². The van der Waals surface area contributed by atoms with Crippen LogP contribution in [0.25, 0.3) is 11.0 Å². The van der Waals surface area contributed by atoms with Crippen LogP contribution < -0.4 is 11.1 Å². The summed E-state index contributed by atoms with van der Waals surface area (Å²) in [5, 5.41) is 32.4. The average Bonchev–Trinajstić information content (AvgIpc) is 3.87. The highest BCUT2D eigenvalue weighted by Gasteiger charge is 2.49. The maximum atomic E-state index is 14.7. The van der Waals surface area contributed by atoms with Crippen molar-refractivity contribution in [1.29, 1.82) is 0 Å². The lowest BCUT2D eigenvalue weighted by atomic mass is 9.85. The van der Waals surface area contributed by atoms with E-state index in [2.05, 4.69) is 36.0 Å². The molecule has 2 saturated heterocycles. The van der Waals surface area contributed by atoms with Crippen LogP contribution in [-0.4, -0.2) is 105 Å². The van der Waals surface area contributed by atoms with Gasteiger partial charge in [0.05, 0.1) is 23.4 Å². The smallest absolute Gasteiger partial charge is 0.287 e. The Labute approximate surface area is 292 Å². The molecule has 0 radical (unpaired) electrons. The third-order valence-electron chi connectivity index (χ3n) is 10.0. The number of H-pyrrole nitrogens is 1. The van der Waals surface area contributed by atoms with Gasteiger partial charge in [0.15, 0.2) is 0 Å². The molecular weight excluding hydrogens is 664 g/mol. The monoisotopic (exact) mass is 706 g/mol. The summed E-state index contributed by atoms with van der Waals surface area (Å²) < 4.78 is 1.51. The van der Waals surface area contributed by atoms with Gasteiger partial charge in [-0.2, -0.15) is 11.8 Å². The highest BCUT2D eigenvalue weighted by molar-refractivity contribution is 7.99. The molecule has 266 valence electrons. The SMILES string of the molecule is CC(C)(O)c1cnnn1[C@H]1C[C@@H](C(=O)NC2(C(=O)C(N)=O)CCSCC2)N(C(=O)/C(CC2CCCCC2)=N/C(=O)c2ccc3[nH]nnc3c2)C1. The molecule has 1 aliphatic carbocycles. The van der Waals surface area contributed by atoms with Gasteiger partial charge in [0.1, 0.15) is 28.4 Å². The number of ketones is 1. The lowest BCUT2D eigenvalue weighted by Gasteiger charge is -2.37. The number of aromatic amines is 1. The molecule has 17 heteroatoms. The molecular formula is C33H42N10O6S. The average molecular weight is 707 g/mol. The number of amides is 4. The summed E-state index contributed by atoms with van der Waals surface area (Å²) in [6.07, 6.45) is 7.00. The number of nitrogens with zero attached hydrogens (tertiary/aromatic N) is 7. The van der Waals surface area contributed by atoms with Crippen molar-refractivity contribution in [2.24, 2.45) is 16.6 Å². The first-order valence-electron chi connectivity index (χ1n) is 17.0. The molecule has 16 nitrogen and oxygen atoms in total. The van der Waals surface area contributed by atoms with Crippen LogP contribution in [0.4, 0.5) is 0 Å². The van der Waals surface area contributed by atoms with E-state index in [4.69, 9.17) is 5.73 Å². The number of rotatable bonds is 10. The van der Waals surface area contributed by atoms with Gasteiger partial charge in [-0.15, -0.1) is 10.2 Å². The Morgan fingerprint density at radius 1 is 1.14 bits per heavy atom. The zero-order valence-electron chi connectivity index (χ0n) is 28.1. The number of Topliss-reactive ketones (excluding diaryl/α,β-unsaturated/α-hetero) is 1. The van der Waals surface area contributed by atoms with Gasteiger partial charge in [-0.3, -0.25) is 29.1 Å². The van der Waals surface area contributed by atoms with Crippen LogP contribution in [0.15, 0.2) is 29.4 Å². The van der Waals surface area contributed by atoms with Crippen molar-refractivity contribution in [2.75, 3.05) is 18.1 Å².